The summed E-state index contributed by atoms with van der Waals surface area (Å²) in [4.78, 5) is 12.0. The van der Waals surface area contributed by atoms with Crippen molar-refractivity contribution in [1.82, 2.24) is 5.32 Å². The largest absolute Gasteiger partial charge is 0.393 e. The normalized spacial score (nSPS) is 14.8. The lowest BCUT2D eigenvalue weighted by Crippen LogP contribution is -2.43. The molecule has 0 saturated heterocycles. The van der Waals surface area contributed by atoms with Crippen LogP contribution in [0.25, 0.3) is 0 Å². The van der Waals surface area contributed by atoms with Crippen LogP contribution in [0.5, 0.6) is 0 Å². The van der Waals surface area contributed by atoms with Crippen LogP contribution in [-0.2, 0) is 4.79 Å². The van der Waals surface area contributed by atoms with E-state index in [-0.39, 0.29) is 24.2 Å². The second-order valence-corrected chi connectivity index (χ2v) is 6.17. The smallest absolute Gasteiger partial charge is 0.236 e. The van der Waals surface area contributed by atoms with E-state index in [0.717, 1.165) is 5.56 Å². The third kappa shape index (κ3) is 7.78. The van der Waals surface area contributed by atoms with Crippen LogP contribution in [0.15, 0.2) is 30.3 Å². The Morgan fingerprint density at radius 3 is 2.27 bits per heavy atom. The van der Waals surface area contributed by atoms with Crippen LogP contribution in [0.2, 0.25) is 0 Å². The fourth-order valence-electron chi connectivity index (χ4n) is 2.44. The van der Waals surface area contributed by atoms with Gasteiger partial charge in [-0.3, -0.25) is 4.79 Å². The molecular formula is C17H29ClN2O2. The van der Waals surface area contributed by atoms with Gasteiger partial charge in [-0.25, -0.2) is 0 Å². The van der Waals surface area contributed by atoms with Crippen molar-refractivity contribution in [1.29, 1.82) is 0 Å². The van der Waals surface area contributed by atoms with Crippen LogP contribution in [0, 0.1) is 5.92 Å². The van der Waals surface area contributed by atoms with Gasteiger partial charge in [-0.05, 0) is 31.2 Å². The molecule has 4 nitrogen and oxygen atoms in total. The van der Waals surface area contributed by atoms with Crippen molar-refractivity contribution in [3.8, 4) is 0 Å². The molecule has 1 rings (SSSR count). The first-order valence-corrected chi connectivity index (χ1v) is 7.66. The number of hydrogen-bond donors (Lipinski definition) is 3. The van der Waals surface area contributed by atoms with Crippen molar-refractivity contribution in [2.45, 2.75) is 51.7 Å². The molecule has 4 N–H and O–H groups in total. The Labute approximate surface area is 139 Å². The monoisotopic (exact) mass is 328 g/mol. The van der Waals surface area contributed by atoms with Gasteiger partial charge in [-0.2, -0.15) is 0 Å². The van der Waals surface area contributed by atoms with E-state index in [4.69, 9.17) is 5.73 Å². The number of aliphatic hydroxyl groups is 1. The summed E-state index contributed by atoms with van der Waals surface area (Å²) in [5.74, 6) is 0.379. The predicted octanol–water partition coefficient (Wildman–Crippen LogP) is 2.45. The van der Waals surface area contributed by atoms with Gasteiger partial charge in [-0.15, -0.1) is 12.4 Å². The van der Waals surface area contributed by atoms with Gasteiger partial charge in [0.25, 0.3) is 0 Å². The topological polar surface area (TPSA) is 75.4 Å². The molecule has 3 atom stereocenters. The minimum Gasteiger partial charge on any atom is -0.393 e. The van der Waals surface area contributed by atoms with E-state index in [0.29, 0.717) is 25.3 Å². The molecule has 1 amide bonds. The highest BCUT2D eigenvalue weighted by Gasteiger charge is 2.18. The Kier molecular flexibility index (Phi) is 10.1. The van der Waals surface area contributed by atoms with Gasteiger partial charge in [0.15, 0.2) is 0 Å². The molecule has 0 spiro atoms. The zero-order valence-corrected chi connectivity index (χ0v) is 14.5. The van der Waals surface area contributed by atoms with Gasteiger partial charge in [0.2, 0.25) is 5.91 Å². The minimum atomic E-state index is -0.465. The van der Waals surface area contributed by atoms with Gasteiger partial charge in [0.1, 0.15) is 0 Å². The van der Waals surface area contributed by atoms with Gasteiger partial charge >= 0.3 is 0 Å². The lowest BCUT2D eigenvalue weighted by molar-refractivity contribution is -0.122. The third-order valence-electron chi connectivity index (χ3n) is 3.48. The molecule has 0 heterocycles. The molecule has 126 valence electrons. The standard InChI is InChI=1S/C17H28N2O2.ClH/c1-12(2)9-16(18)17(21)19-11-15(10-13(3)20)14-7-5-4-6-8-14;/h4-8,12-13,15-16,20H,9-11,18H2,1-3H3,(H,19,21);1H/t13?,15?,16-;/m0./s1. The highest BCUT2D eigenvalue weighted by molar-refractivity contribution is 5.85. The number of carbonyl (C=O) groups excluding carboxylic acids is 1. The van der Waals surface area contributed by atoms with Crippen LogP contribution in [0.3, 0.4) is 0 Å². The summed E-state index contributed by atoms with van der Waals surface area (Å²) in [7, 11) is 0. The summed E-state index contributed by atoms with van der Waals surface area (Å²) in [6.07, 6.45) is 0.888. The van der Waals surface area contributed by atoms with Gasteiger partial charge in [-0.1, -0.05) is 44.2 Å². The molecule has 5 heteroatoms. The maximum Gasteiger partial charge on any atom is 0.236 e. The molecule has 1 aromatic carbocycles. The van der Waals surface area contributed by atoms with Crippen molar-refractivity contribution < 1.29 is 9.90 Å². The third-order valence-corrected chi connectivity index (χ3v) is 3.48. The van der Waals surface area contributed by atoms with Gasteiger partial charge in [0, 0.05) is 12.5 Å². The molecule has 0 aromatic heterocycles. The van der Waals surface area contributed by atoms with E-state index < -0.39 is 12.1 Å². The lowest BCUT2D eigenvalue weighted by atomic mass is 9.93. The summed E-state index contributed by atoms with van der Waals surface area (Å²) in [6.45, 7) is 6.36. The second kappa shape index (κ2) is 10.6. The van der Waals surface area contributed by atoms with E-state index in [1.807, 2.05) is 44.2 Å². The van der Waals surface area contributed by atoms with E-state index in [1.165, 1.54) is 0 Å². The molecule has 2 unspecified atom stereocenters. The van der Waals surface area contributed by atoms with Crippen molar-refractivity contribution in [2.24, 2.45) is 11.7 Å². The van der Waals surface area contributed by atoms with Crippen LogP contribution in [0.1, 0.15) is 45.1 Å². The fraction of sp³-hybridized carbons (Fsp3) is 0.588. The van der Waals surface area contributed by atoms with E-state index in [9.17, 15) is 9.90 Å². The minimum absolute atomic E-state index is 0. The Bertz CT molecular complexity index is 424. The quantitative estimate of drug-likeness (QED) is 0.686. The fourth-order valence-corrected chi connectivity index (χ4v) is 2.44. The molecule has 0 radical (unpaired) electrons. The number of rotatable bonds is 8. The first-order chi connectivity index (χ1) is 9.90. The Morgan fingerprint density at radius 2 is 1.77 bits per heavy atom. The molecule has 0 saturated carbocycles. The van der Waals surface area contributed by atoms with E-state index >= 15 is 0 Å². The number of nitrogens with two attached hydrogens (primary N) is 1. The molecule has 0 aliphatic heterocycles. The van der Waals surface area contributed by atoms with Crippen molar-refractivity contribution in [3.05, 3.63) is 35.9 Å². The van der Waals surface area contributed by atoms with Crippen molar-refractivity contribution in [2.75, 3.05) is 6.54 Å². The number of halogens is 1. The Hall–Kier alpha value is -1.10. The van der Waals surface area contributed by atoms with Gasteiger partial charge < -0.3 is 16.2 Å². The number of carbonyl (C=O) groups is 1. The number of amides is 1. The van der Waals surface area contributed by atoms with Crippen LogP contribution < -0.4 is 11.1 Å². The summed E-state index contributed by atoms with van der Waals surface area (Å²) >= 11 is 0. The molecule has 22 heavy (non-hydrogen) atoms. The molecular weight excluding hydrogens is 300 g/mol. The summed E-state index contributed by atoms with van der Waals surface area (Å²) in [5.41, 5.74) is 7.00. The SMILES string of the molecule is CC(C)C[C@H](N)C(=O)NCC(CC(C)O)c1ccccc1.Cl. The molecule has 0 fully saturated rings. The molecule has 0 aliphatic rings. The number of benzene rings is 1. The average molecular weight is 329 g/mol. The van der Waals surface area contributed by atoms with Crippen molar-refractivity contribution >= 4 is 18.3 Å². The van der Waals surface area contributed by atoms with Gasteiger partial charge in [0.05, 0.1) is 12.1 Å². The highest BCUT2D eigenvalue weighted by atomic mass is 35.5. The Morgan fingerprint density at radius 1 is 1.18 bits per heavy atom. The molecule has 0 aliphatic carbocycles. The van der Waals surface area contributed by atoms with Crippen molar-refractivity contribution in [3.63, 3.8) is 0 Å². The molecule has 0 bridgehead atoms. The number of aliphatic hydroxyl groups excluding tert-OH is 1. The first-order valence-electron chi connectivity index (χ1n) is 7.66. The Balaban J connectivity index is 0.00000441. The van der Waals surface area contributed by atoms with E-state index in [2.05, 4.69) is 5.32 Å². The van der Waals surface area contributed by atoms with Crippen LogP contribution in [-0.4, -0.2) is 29.7 Å². The lowest BCUT2D eigenvalue weighted by Gasteiger charge is -2.21. The van der Waals surface area contributed by atoms with Crippen LogP contribution in [0.4, 0.5) is 0 Å². The first kappa shape index (κ1) is 20.9. The van der Waals surface area contributed by atoms with Crippen LogP contribution >= 0.6 is 12.4 Å². The maximum atomic E-state index is 12.0. The number of nitrogens with one attached hydrogen (secondary N) is 1. The summed E-state index contributed by atoms with van der Waals surface area (Å²) < 4.78 is 0. The number of hydrogen-bond acceptors (Lipinski definition) is 3. The zero-order valence-electron chi connectivity index (χ0n) is 13.7. The summed E-state index contributed by atoms with van der Waals surface area (Å²) in [5, 5.41) is 12.6. The summed E-state index contributed by atoms with van der Waals surface area (Å²) in [6, 6.07) is 9.47. The average Bonchev–Trinajstić information content (AvgIpc) is 2.42. The predicted molar refractivity (Wildman–Crippen MR) is 93.2 cm³/mol. The highest BCUT2D eigenvalue weighted by Crippen LogP contribution is 2.20. The zero-order chi connectivity index (χ0) is 15.8. The maximum absolute atomic E-state index is 12.0. The molecule has 1 aromatic rings. The second-order valence-electron chi connectivity index (χ2n) is 6.17. The van der Waals surface area contributed by atoms with E-state index in [1.54, 1.807) is 6.92 Å².